The van der Waals surface area contributed by atoms with Crippen molar-refractivity contribution in [2.75, 3.05) is 0 Å². The second kappa shape index (κ2) is 11.6. The van der Waals surface area contributed by atoms with Gasteiger partial charge in [0.2, 0.25) is 11.4 Å². The van der Waals surface area contributed by atoms with Crippen LogP contribution in [-0.2, 0) is 14.1 Å². The number of rotatable bonds is 4. The Bertz CT molecular complexity index is 1750. The lowest BCUT2D eigenvalue weighted by Crippen LogP contribution is -2.32. The van der Waals surface area contributed by atoms with Gasteiger partial charge in [0.15, 0.2) is 12.4 Å². The van der Waals surface area contributed by atoms with Crippen molar-refractivity contribution >= 4 is 0 Å². The van der Waals surface area contributed by atoms with E-state index in [2.05, 4.69) is 13.0 Å². The van der Waals surface area contributed by atoms with Crippen LogP contribution in [0.3, 0.4) is 0 Å². The molecule has 0 N–H and O–H groups in total. The van der Waals surface area contributed by atoms with Crippen LogP contribution in [0.1, 0.15) is 87.8 Å². The van der Waals surface area contributed by atoms with Gasteiger partial charge in [-0.1, -0.05) is 63.9 Å². The quantitative estimate of drug-likeness (QED) is 0.257. The van der Waals surface area contributed by atoms with Gasteiger partial charge in [-0.2, -0.15) is 0 Å². The molecule has 0 spiro atoms. The molecule has 0 amide bonds. The first-order chi connectivity index (χ1) is 21.3. The SMILES string of the molecule is [2H]C([2H])([2H])C([2H])(C)c1c[n+](C)c(-c2ccccc2C)cc1C.[2H]C([2H])([2H])c1c[n+](C)c(-c2ccccc2C)cc1C([2H])(C)C([2H])([2H])[2H]. The standard InChI is InChI=1S/2C17H22N/c1-12(2)16-10-17(18(5)11-14(16)4)15-9-7-6-8-13(15)3;1-12(2)16-11-18(5)17(10-14(16)4)15-9-7-6-8-13(15)3/h2*6-12H,1-5H3/q2*+1/i1D3,4D3,12D;1D3,12D. The third-order valence-electron chi connectivity index (χ3n) is 6.40. The Morgan fingerprint density at radius 2 is 1.14 bits per heavy atom. The van der Waals surface area contributed by atoms with Gasteiger partial charge >= 0.3 is 0 Å². The Morgan fingerprint density at radius 3 is 1.67 bits per heavy atom. The highest BCUT2D eigenvalue weighted by molar-refractivity contribution is 5.62. The van der Waals surface area contributed by atoms with Gasteiger partial charge in [-0.25, -0.2) is 9.13 Å². The molecule has 2 nitrogen and oxygen atoms in total. The summed E-state index contributed by atoms with van der Waals surface area (Å²) in [6, 6.07) is 19.2. The molecule has 2 aromatic carbocycles. The van der Waals surface area contributed by atoms with Crippen molar-refractivity contribution in [3.05, 3.63) is 106 Å². The van der Waals surface area contributed by atoms with Crippen LogP contribution in [-0.4, -0.2) is 0 Å². The maximum atomic E-state index is 8.40. The number of pyridine rings is 2. The molecule has 2 heteroatoms. The summed E-state index contributed by atoms with van der Waals surface area (Å²) in [5.74, 6) is -3.67. The number of aromatic nitrogens is 2. The van der Waals surface area contributed by atoms with Crippen molar-refractivity contribution in [1.82, 2.24) is 0 Å². The fourth-order valence-corrected chi connectivity index (χ4v) is 4.36. The van der Waals surface area contributed by atoms with Crippen molar-refractivity contribution < 1.29 is 24.2 Å². The molecule has 2 atom stereocenters. The molecule has 0 bridgehead atoms. The van der Waals surface area contributed by atoms with Crippen LogP contribution in [0.25, 0.3) is 22.5 Å². The summed E-state index contributed by atoms with van der Waals surface area (Å²) in [5, 5.41) is 0. The van der Waals surface area contributed by atoms with Crippen molar-refractivity contribution in [2.45, 2.75) is 67.0 Å². The minimum Gasteiger partial charge on any atom is -0.201 e. The molecule has 4 rings (SSSR count). The highest BCUT2D eigenvalue weighted by Crippen LogP contribution is 2.26. The van der Waals surface area contributed by atoms with E-state index in [1.54, 1.807) is 17.8 Å². The van der Waals surface area contributed by atoms with E-state index in [0.717, 1.165) is 33.5 Å². The fraction of sp³-hybridized carbons (Fsp3) is 0.353. The van der Waals surface area contributed by atoms with Crippen LogP contribution < -0.4 is 9.13 Å². The van der Waals surface area contributed by atoms with Crippen molar-refractivity contribution in [2.24, 2.45) is 14.1 Å². The van der Waals surface area contributed by atoms with Crippen LogP contribution >= 0.6 is 0 Å². The summed E-state index contributed by atoms with van der Waals surface area (Å²) in [4.78, 5) is 0. The molecular formula is C34H44N2+2. The van der Waals surface area contributed by atoms with Crippen LogP contribution in [0, 0.1) is 27.6 Å². The predicted octanol–water partition coefficient (Wildman–Crippen LogP) is 7.84. The Kier molecular flexibility index (Phi) is 5.10. The molecule has 188 valence electrons. The lowest BCUT2D eigenvalue weighted by atomic mass is 9.96. The minimum atomic E-state index is -2.66. The van der Waals surface area contributed by atoms with E-state index in [1.807, 2.05) is 74.0 Å². The van der Waals surface area contributed by atoms with Crippen LogP contribution in [0.15, 0.2) is 73.1 Å². The molecule has 36 heavy (non-hydrogen) atoms. The summed E-state index contributed by atoms with van der Waals surface area (Å²) in [7, 11) is 3.61. The lowest BCUT2D eigenvalue weighted by molar-refractivity contribution is -0.661. The molecule has 2 heterocycles. The topological polar surface area (TPSA) is 7.76 Å². The lowest BCUT2D eigenvalue weighted by Gasteiger charge is -2.11. The molecule has 2 aromatic heterocycles. The Hall–Kier alpha value is -3.26. The monoisotopic (exact) mass is 491 g/mol. The van der Waals surface area contributed by atoms with Gasteiger partial charge in [0, 0.05) is 49.5 Å². The van der Waals surface area contributed by atoms with E-state index in [0.29, 0.717) is 11.3 Å². The first kappa shape index (κ1) is 15.8. The summed E-state index contributed by atoms with van der Waals surface area (Å²) < 4.78 is 89.6. The largest absolute Gasteiger partial charge is 0.212 e. The van der Waals surface area contributed by atoms with Gasteiger partial charge in [-0.05, 0) is 73.8 Å². The number of benzene rings is 2. The normalized spacial score (nSPS) is 19.8. The van der Waals surface area contributed by atoms with E-state index in [9.17, 15) is 0 Å². The van der Waals surface area contributed by atoms with E-state index < -0.39 is 32.3 Å². The third-order valence-corrected chi connectivity index (χ3v) is 6.40. The van der Waals surface area contributed by atoms with Crippen molar-refractivity contribution in [3.63, 3.8) is 0 Å². The molecule has 0 fully saturated rings. The molecule has 0 aliphatic heterocycles. The van der Waals surface area contributed by atoms with Crippen molar-refractivity contribution in [1.29, 1.82) is 0 Å². The number of hydrogen-bond acceptors (Lipinski definition) is 0. The Labute approximate surface area is 234 Å². The third kappa shape index (κ3) is 6.10. The van der Waals surface area contributed by atoms with Gasteiger partial charge < -0.3 is 0 Å². The van der Waals surface area contributed by atoms with Gasteiger partial charge in [0.1, 0.15) is 14.1 Å². The van der Waals surface area contributed by atoms with Crippen LogP contribution in [0.5, 0.6) is 0 Å². The maximum absolute atomic E-state index is 8.40. The average Bonchev–Trinajstić information content (AvgIpc) is 2.93. The molecule has 0 saturated carbocycles. The molecule has 0 saturated heterocycles. The molecule has 0 aliphatic carbocycles. The van der Waals surface area contributed by atoms with E-state index >= 15 is 0 Å². The summed E-state index contributed by atoms with van der Waals surface area (Å²) in [6.45, 7) is 1.01. The predicted molar refractivity (Wildman–Crippen MR) is 153 cm³/mol. The summed E-state index contributed by atoms with van der Waals surface area (Å²) in [5.41, 5.74) is 7.05. The van der Waals surface area contributed by atoms with E-state index in [1.165, 1.54) is 26.1 Å². The van der Waals surface area contributed by atoms with Gasteiger partial charge in [-0.3, -0.25) is 0 Å². The first-order valence-corrected chi connectivity index (χ1v) is 12.0. The second-order valence-electron chi connectivity index (χ2n) is 9.34. The zero-order valence-corrected chi connectivity index (χ0v) is 22.3. The van der Waals surface area contributed by atoms with Gasteiger partial charge in [0.25, 0.3) is 0 Å². The highest BCUT2D eigenvalue weighted by Gasteiger charge is 2.17. The van der Waals surface area contributed by atoms with E-state index in [4.69, 9.17) is 15.1 Å². The van der Waals surface area contributed by atoms with Crippen molar-refractivity contribution in [3.8, 4) is 22.5 Å². The summed E-state index contributed by atoms with van der Waals surface area (Å²) in [6.07, 6.45) is 3.19. The number of nitrogens with zero attached hydrogens (tertiary/aromatic N) is 2. The molecule has 4 aromatic rings. The fourth-order valence-electron chi connectivity index (χ4n) is 4.36. The Morgan fingerprint density at radius 1 is 0.639 bits per heavy atom. The Balaban J connectivity index is 0.000000257. The summed E-state index contributed by atoms with van der Waals surface area (Å²) >= 11 is 0. The molecule has 2 unspecified atom stereocenters. The van der Waals surface area contributed by atoms with Gasteiger partial charge in [-0.15, -0.1) is 0 Å². The van der Waals surface area contributed by atoms with Crippen LogP contribution in [0.2, 0.25) is 0 Å². The van der Waals surface area contributed by atoms with Crippen LogP contribution in [0.4, 0.5) is 0 Å². The smallest absolute Gasteiger partial charge is 0.201 e. The minimum absolute atomic E-state index is 0.00357. The average molecular weight is 492 g/mol. The highest BCUT2D eigenvalue weighted by atomic mass is 14.9. The zero-order valence-electron chi connectivity index (χ0n) is 33.3. The number of hydrogen-bond donors (Lipinski definition) is 0. The van der Waals surface area contributed by atoms with Gasteiger partial charge in [0.05, 0.1) is 0 Å². The molecular weight excluding hydrogens is 436 g/mol. The molecule has 0 radical (unpaired) electrons. The number of aryl methyl sites for hydroxylation is 6. The maximum Gasteiger partial charge on any atom is 0.212 e. The second-order valence-corrected chi connectivity index (χ2v) is 9.34. The first-order valence-electron chi connectivity index (χ1n) is 17.5. The molecule has 0 aliphatic rings. The van der Waals surface area contributed by atoms with E-state index in [-0.39, 0.29) is 11.1 Å². The zero-order chi connectivity index (χ0) is 35.9.